The Balaban J connectivity index is 1.28. The summed E-state index contributed by atoms with van der Waals surface area (Å²) in [6.07, 6.45) is 3.13. The molecule has 1 aliphatic heterocycles. The van der Waals surface area contributed by atoms with Crippen LogP contribution in [-0.2, 0) is 22.6 Å². The SMILES string of the molecule is COc1ccccc1SC[C@@H]1C[C@H](c2ccc(CO)cc2)O[C@H](c2ccc(CNC(=O)c3cccnc3)cc2)O1. The first-order valence-corrected chi connectivity index (χ1v) is 14.1. The number of carbonyl (C=O) groups is 1. The third kappa shape index (κ3) is 7.08. The highest BCUT2D eigenvalue weighted by Gasteiger charge is 2.32. The molecule has 206 valence electrons. The van der Waals surface area contributed by atoms with Gasteiger partial charge in [0.05, 0.1) is 31.5 Å². The molecule has 1 amide bonds. The number of pyridine rings is 1. The number of aromatic nitrogens is 1. The van der Waals surface area contributed by atoms with E-state index in [4.69, 9.17) is 14.2 Å². The number of carbonyl (C=O) groups excluding carboxylic acids is 1. The predicted octanol–water partition coefficient (Wildman–Crippen LogP) is 5.85. The Bertz CT molecular complexity index is 1380. The van der Waals surface area contributed by atoms with Crippen LogP contribution in [0.15, 0.2) is 102 Å². The normalized spacial score (nSPS) is 18.7. The minimum atomic E-state index is -0.543. The lowest BCUT2D eigenvalue weighted by atomic mass is 10.0. The molecule has 3 atom stereocenters. The van der Waals surface area contributed by atoms with E-state index in [-0.39, 0.29) is 24.7 Å². The fourth-order valence-corrected chi connectivity index (χ4v) is 5.57. The lowest BCUT2D eigenvalue weighted by Crippen LogP contribution is -2.31. The second-order valence-electron chi connectivity index (χ2n) is 9.48. The van der Waals surface area contributed by atoms with Gasteiger partial charge in [-0.05, 0) is 41.0 Å². The summed E-state index contributed by atoms with van der Waals surface area (Å²) in [7, 11) is 1.68. The van der Waals surface area contributed by atoms with Crippen molar-refractivity contribution < 1.29 is 24.1 Å². The van der Waals surface area contributed by atoms with Gasteiger partial charge in [-0.2, -0.15) is 0 Å². The predicted molar refractivity (Wildman–Crippen MR) is 154 cm³/mol. The molecule has 40 heavy (non-hydrogen) atoms. The van der Waals surface area contributed by atoms with Gasteiger partial charge in [-0.25, -0.2) is 0 Å². The molecule has 0 unspecified atom stereocenters. The average molecular weight is 557 g/mol. The van der Waals surface area contributed by atoms with E-state index in [2.05, 4.69) is 16.4 Å². The highest BCUT2D eigenvalue weighted by Crippen LogP contribution is 2.40. The largest absolute Gasteiger partial charge is 0.496 e. The number of para-hydroxylation sites is 1. The number of benzene rings is 3. The Kier molecular flexibility index (Phi) is 9.46. The van der Waals surface area contributed by atoms with Gasteiger partial charge >= 0.3 is 0 Å². The van der Waals surface area contributed by atoms with Crippen molar-refractivity contribution in [1.82, 2.24) is 10.3 Å². The van der Waals surface area contributed by atoms with Crippen LogP contribution in [0.25, 0.3) is 0 Å². The van der Waals surface area contributed by atoms with Crippen LogP contribution in [-0.4, -0.2) is 35.0 Å². The van der Waals surface area contributed by atoms with E-state index in [0.717, 1.165) is 38.7 Å². The smallest absolute Gasteiger partial charge is 0.253 e. The number of methoxy groups -OCH3 is 1. The van der Waals surface area contributed by atoms with E-state index in [1.807, 2.05) is 66.7 Å². The molecule has 3 aromatic carbocycles. The Morgan fingerprint density at radius 3 is 2.45 bits per heavy atom. The first kappa shape index (κ1) is 27.9. The number of ether oxygens (including phenoxy) is 3. The first-order valence-electron chi connectivity index (χ1n) is 13.2. The fourth-order valence-electron chi connectivity index (χ4n) is 4.52. The highest BCUT2D eigenvalue weighted by molar-refractivity contribution is 7.99. The highest BCUT2D eigenvalue weighted by atomic mass is 32.2. The number of nitrogens with one attached hydrogen (secondary N) is 1. The number of hydrogen-bond acceptors (Lipinski definition) is 7. The topological polar surface area (TPSA) is 89.9 Å². The molecule has 0 radical (unpaired) electrons. The maximum atomic E-state index is 12.4. The third-order valence-electron chi connectivity index (χ3n) is 6.74. The Hall–Kier alpha value is -3.69. The van der Waals surface area contributed by atoms with Gasteiger partial charge in [0.15, 0.2) is 6.29 Å². The summed E-state index contributed by atoms with van der Waals surface area (Å²) in [6, 6.07) is 27.3. The van der Waals surface area contributed by atoms with Crippen LogP contribution < -0.4 is 10.1 Å². The molecule has 1 aromatic heterocycles. The summed E-state index contributed by atoms with van der Waals surface area (Å²) in [6.45, 7) is 0.406. The van der Waals surface area contributed by atoms with Gasteiger partial charge in [-0.15, -0.1) is 11.8 Å². The third-order valence-corrected chi connectivity index (χ3v) is 7.92. The van der Waals surface area contributed by atoms with E-state index >= 15 is 0 Å². The second-order valence-corrected chi connectivity index (χ2v) is 10.5. The summed E-state index contributed by atoms with van der Waals surface area (Å²) in [5.74, 6) is 1.42. The molecule has 5 rings (SSSR count). The molecule has 0 spiro atoms. The van der Waals surface area contributed by atoms with Crippen LogP contribution in [0.2, 0.25) is 0 Å². The summed E-state index contributed by atoms with van der Waals surface area (Å²) in [4.78, 5) is 17.4. The maximum absolute atomic E-state index is 12.4. The molecule has 2 N–H and O–H groups in total. The molecule has 0 aliphatic carbocycles. The average Bonchev–Trinajstić information content (AvgIpc) is 3.03. The molecular formula is C32H32N2O5S. The van der Waals surface area contributed by atoms with Crippen LogP contribution >= 0.6 is 11.8 Å². The van der Waals surface area contributed by atoms with Gasteiger partial charge in [0.1, 0.15) is 5.75 Å². The number of aliphatic hydroxyl groups is 1. The van der Waals surface area contributed by atoms with Crippen LogP contribution in [0.5, 0.6) is 5.75 Å². The van der Waals surface area contributed by atoms with Crippen LogP contribution in [0.1, 0.15) is 51.4 Å². The van der Waals surface area contributed by atoms with Gasteiger partial charge in [0.2, 0.25) is 0 Å². The molecule has 1 fully saturated rings. The molecule has 1 aliphatic rings. The van der Waals surface area contributed by atoms with Crippen molar-refractivity contribution >= 4 is 17.7 Å². The Labute approximate surface area is 238 Å². The number of aliphatic hydroxyl groups excluding tert-OH is 1. The molecule has 8 heteroatoms. The van der Waals surface area contributed by atoms with Crippen molar-refractivity contribution in [3.8, 4) is 5.75 Å². The second kappa shape index (κ2) is 13.6. The minimum absolute atomic E-state index is 0.00472. The zero-order valence-corrected chi connectivity index (χ0v) is 23.1. The Morgan fingerprint density at radius 2 is 1.73 bits per heavy atom. The van der Waals surface area contributed by atoms with E-state index in [9.17, 15) is 9.90 Å². The van der Waals surface area contributed by atoms with Crippen LogP contribution in [0, 0.1) is 0 Å². The molecule has 0 saturated carbocycles. The van der Waals surface area contributed by atoms with Crippen LogP contribution in [0.4, 0.5) is 0 Å². The Morgan fingerprint density at radius 1 is 0.975 bits per heavy atom. The van der Waals surface area contributed by atoms with Crippen molar-refractivity contribution in [2.24, 2.45) is 0 Å². The lowest BCUT2D eigenvalue weighted by Gasteiger charge is -2.36. The van der Waals surface area contributed by atoms with E-state index < -0.39 is 6.29 Å². The molecular weight excluding hydrogens is 524 g/mol. The van der Waals surface area contributed by atoms with E-state index in [0.29, 0.717) is 18.5 Å². The first-order chi connectivity index (χ1) is 19.6. The number of hydrogen-bond donors (Lipinski definition) is 2. The molecule has 7 nitrogen and oxygen atoms in total. The summed E-state index contributed by atoms with van der Waals surface area (Å²) < 4.78 is 18.4. The lowest BCUT2D eigenvalue weighted by molar-refractivity contribution is -0.245. The van der Waals surface area contributed by atoms with Crippen molar-refractivity contribution in [3.63, 3.8) is 0 Å². The van der Waals surface area contributed by atoms with Gasteiger partial charge < -0.3 is 24.6 Å². The number of thioether (sulfide) groups is 1. The van der Waals surface area contributed by atoms with Gasteiger partial charge in [0, 0.05) is 41.6 Å². The van der Waals surface area contributed by atoms with E-state index in [1.54, 1.807) is 43.4 Å². The number of rotatable bonds is 10. The number of amides is 1. The zero-order valence-electron chi connectivity index (χ0n) is 22.2. The standard InChI is InChI=1S/C32H32N2O5S/c1-37-28-6-2-3-7-30(28)40-21-27-17-29(24-12-10-23(20-35)11-13-24)39-32(38-27)25-14-8-22(9-15-25)18-34-31(36)26-5-4-16-33-19-26/h2-16,19,27,29,32,35H,17-18,20-21H2,1H3,(H,34,36)/t27-,29+,32+/m0/s1. The molecule has 0 bridgehead atoms. The monoisotopic (exact) mass is 556 g/mol. The van der Waals surface area contributed by atoms with Gasteiger partial charge in [-0.1, -0.05) is 60.7 Å². The van der Waals surface area contributed by atoms with Gasteiger partial charge in [-0.3, -0.25) is 9.78 Å². The quantitative estimate of drug-likeness (QED) is 0.237. The molecule has 1 saturated heterocycles. The maximum Gasteiger partial charge on any atom is 0.253 e. The van der Waals surface area contributed by atoms with Crippen molar-refractivity contribution in [2.45, 2.75) is 43.0 Å². The summed E-state index contributed by atoms with van der Waals surface area (Å²) >= 11 is 1.71. The van der Waals surface area contributed by atoms with Crippen molar-refractivity contribution in [2.75, 3.05) is 12.9 Å². The summed E-state index contributed by atoms with van der Waals surface area (Å²) in [5.41, 5.74) is 4.31. The van der Waals surface area contributed by atoms with Gasteiger partial charge in [0.25, 0.3) is 5.91 Å². The minimum Gasteiger partial charge on any atom is -0.496 e. The number of nitrogens with zero attached hydrogens (tertiary/aromatic N) is 1. The van der Waals surface area contributed by atoms with E-state index in [1.165, 1.54) is 0 Å². The van der Waals surface area contributed by atoms with Crippen LogP contribution in [0.3, 0.4) is 0 Å². The zero-order chi connectivity index (χ0) is 27.7. The summed E-state index contributed by atoms with van der Waals surface area (Å²) in [5, 5.41) is 12.4. The molecule has 4 aromatic rings. The van der Waals surface area contributed by atoms with Crippen molar-refractivity contribution in [1.29, 1.82) is 0 Å². The van der Waals surface area contributed by atoms with Crippen molar-refractivity contribution in [3.05, 3.63) is 125 Å². The molecule has 2 heterocycles. The fraction of sp³-hybridized carbons (Fsp3) is 0.250.